The zero-order chi connectivity index (χ0) is 20.6. The molecule has 0 aliphatic carbocycles. The molecule has 2 rings (SSSR count). The van der Waals surface area contributed by atoms with Crippen molar-refractivity contribution in [2.45, 2.75) is 11.3 Å². The molecule has 0 atom stereocenters. The van der Waals surface area contributed by atoms with E-state index in [2.05, 4.69) is 10.1 Å². The minimum atomic E-state index is -4.79. The number of hydrogen-bond donors (Lipinski definition) is 1. The molecule has 0 saturated heterocycles. The number of methoxy groups -OCH3 is 1. The Morgan fingerprint density at radius 1 is 1.00 bits per heavy atom. The fourth-order valence-corrected chi connectivity index (χ4v) is 2.64. The lowest BCUT2D eigenvalue weighted by Crippen LogP contribution is -2.21. The highest BCUT2D eigenvalue weighted by Crippen LogP contribution is 2.24. The van der Waals surface area contributed by atoms with Crippen molar-refractivity contribution in [2.75, 3.05) is 24.8 Å². The number of carbonyl (C=O) groups is 2. The summed E-state index contributed by atoms with van der Waals surface area (Å²) in [5, 5.41) is 2.40. The van der Waals surface area contributed by atoms with E-state index in [1.807, 2.05) is 0 Å². The largest absolute Gasteiger partial charge is 0.573 e. The van der Waals surface area contributed by atoms with Crippen molar-refractivity contribution < 1.29 is 37.0 Å². The maximum atomic E-state index is 12.1. The van der Waals surface area contributed by atoms with Crippen molar-refractivity contribution >= 4 is 29.3 Å². The van der Waals surface area contributed by atoms with Gasteiger partial charge in [0, 0.05) is 10.6 Å². The maximum Gasteiger partial charge on any atom is 0.573 e. The van der Waals surface area contributed by atoms with Gasteiger partial charge in [-0.2, -0.15) is 0 Å². The summed E-state index contributed by atoms with van der Waals surface area (Å²) >= 11 is 1.24. The van der Waals surface area contributed by atoms with Gasteiger partial charge >= 0.3 is 12.3 Å². The minimum absolute atomic E-state index is 0.0170. The smallest absolute Gasteiger partial charge is 0.497 e. The van der Waals surface area contributed by atoms with Crippen LogP contribution >= 0.6 is 11.8 Å². The first-order valence-electron chi connectivity index (χ1n) is 7.83. The first-order valence-corrected chi connectivity index (χ1v) is 8.82. The van der Waals surface area contributed by atoms with Gasteiger partial charge < -0.3 is 19.5 Å². The number of benzene rings is 2. The number of thioether (sulfide) groups is 1. The first kappa shape index (κ1) is 21.4. The molecule has 0 radical (unpaired) electrons. The molecule has 0 aliphatic rings. The number of amides is 1. The van der Waals surface area contributed by atoms with Crippen molar-refractivity contribution in [3.8, 4) is 11.5 Å². The van der Waals surface area contributed by atoms with E-state index in [1.54, 1.807) is 31.4 Å². The average Bonchev–Trinajstić information content (AvgIpc) is 2.65. The third kappa shape index (κ3) is 7.78. The normalized spacial score (nSPS) is 10.9. The molecular weight excluding hydrogens is 399 g/mol. The molecule has 0 heterocycles. The van der Waals surface area contributed by atoms with Crippen LogP contribution in [0.3, 0.4) is 0 Å². The molecule has 0 aromatic heterocycles. The van der Waals surface area contributed by atoms with E-state index in [9.17, 15) is 22.8 Å². The lowest BCUT2D eigenvalue weighted by Gasteiger charge is -2.10. The monoisotopic (exact) mass is 415 g/mol. The zero-order valence-electron chi connectivity index (χ0n) is 14.6. The molecule has 2 aromatic carbocycles. The second-order valence-corrected chi connectivity index (χ2v) is 6.29. The molecule has 28 heavy (non-hydrogen) atoms. The number of halogens is 3. The predicted molar refractivity (Wildman–Crippen MR) is 96.4 cm³/mol. The SMILES string of the molecule is COc1ccc(SCC(=O)OCC(=O)Nc2ccc(OC(F)(F)F)cc2)cc1. The van der Waals surface area contributed by atoms with Gasteiger partial charge in [-0.25, -0.2) is 0 Å². The van der Waals surface area contributed by atoms with Crippen LogP contribution in [-0.4, -0.2) is 37.7 Å². The summed E-state index contributed by atoms with van der Waals surface area (Å²) in [7, 11) is 1.55. The van der Waals surface area contributed by atoms with Gasteiger partial charge in [0.25, 0.3) is 5.91 Å². The van der Waals surface area contributed by atoms with E-state index in [0.717, 1.165) is 17.0 Å². The summed E-state index contributed by atoms with van der Waals surface area (Å²) in [6.07, 6.45) is -4.79. The number of esters is 1. The van der Waals surface area contributed by atoms with Gasteiger partial charge in [0.05, 0.1) is 12.9 Å². The third-order valence-corrected chi connectivity index (χ3v) is 4.14. The van der Waals surface area contributed by atoms with Gasteiger partial charge in [0.15, 0.2) is 6.61 Å². The van der Waals surface area contributed by atoms with Crippen LogP contribution in [0.2, 0.25) is 0 Å². The number of rotatable bonds is 8. The van der Waals surface area contributed by atoms with Gasteiger partial charge in [0.2, 0.25) is 0 Å². The number of nitrogens with one attached hydrogen (secondary N) is 1. The van der Waals surface area contributed by atoms with Crippen molar-refractivity contribution in [1.82, 2.24) is 0 Å². The Balaban J connectivity index is 1.71. The van der Waals surface area contributed by atoms with Gasteiger partial charge in [-0.15, -0.1) is 24.9 Å². The Hall–Kier alpha value is -2.88. The third-order valence-electron chi connectivity index (χ3n) is 3.15. The first-order chi connectivity index (χ1) is 13.2. The van der Waals surface area contributed by atoms with Crippen molar-refractivity contribution in [3.63, 3.8) is 0 Å². The summed E-state index contributed by atoms with van der Waals surface area (Å²) in [5.74, 6) is -0.894. The lowest BCUT2D eigenvalue weighted by molar-refractivity contribution is -0.274. The van der Waals surface area contributed by atoms with Crippen LogP contribution < -0.4 is 14.8 Å². The predicted octanol–water partition coefficient (Wildman–Crippen LogP) is 3.87. The molecule has 10 heteroatoms. The highest BCUT2D eigenvalue weighted by molar-refractivity contribution is 8.00. The fourth-order valence-electron chi connectivity index (χ4n) is 1.94. The molecular formula is C18H16F3NO5S. The van der Waals surface area contributed by atoms with Crippen molar-refractivity contribution in [3.05, 3.63) is 48.5 Å². The molecule has 1 N–H and O–H groups in total. The quantitative estimate of drug-likeness (QED) is 0.521. The highest BCUT2D eigenvalue weighted by Gasteiger charge is 2.30. The summed E-state index contributed by atoms with van der Waals surface area (Å²) in [6, 6.07) is 11.7. The molecule has 6 nitrogen and oxygen atoms in total. The van der Waals surface area contributed by atoms with Gasteiger partial charge in [-0.3, -0.25) is 9.59 Å². The lowest BCUT2D eigenvalue weighted by atomic mass is 10.3. The molecule has 1 amide bonds. The molecule has 0 aliphatic heterocycles. The van der Waals surface area contributed by atoms with E-state index >= 15 is 0 Å². The Kier molecular flexibility index (Phi) is 7.56. The standard InChI is InChI=1S/C18H16F3NO5S/c1-25-13-6-8-15(9-7-13)28-11-17(24)26-10-16(23)22-12-2-4-14(5-3-12)27-18(19,20)21/h2-9H,10-11H2,1H3,(H,22,23). The number of ether oxygens (including phenoxy) is 3. The molecule has 0 fully saturated rings. The van der Waals surface area contributed by atoms with Crippen molar-refractivity contribution in [2.24, 2.45) is 0 Å². The minimum Gasteiger partial charge on any atom is -0.497 e. The van der Waals surface area contributed by atoms with Crippen LogP contribution in [0, 0.1) is 0 Å². The van der Waals surface area contributed by atoms with Crippen LogP contribution in [0.1, 0.15) is 0 Å². The van der Waals surface area contributed by atoms with Gasteiger partial charge in [0.1, 0.15) is 11.5 Å². The van der Waals surface area contributed by atoms with Crippen LogP contribution in [-0.2, 0) is 14.3 Å². The van der Waals surface area contributed by atoms with Crippen molar-refractivity contribution in [1.29, 1.82) is 0 Å². The summed E-state index contributed by atoms with van der Waals surface area (Å²) in [6.45, 7) is -0.511. The summed E-state index contributed by atoms with van der Waals surface area (Å²) < 4.78 is 49.9. The van der Waals surface area contributed by atoms with E-state index in [4.69, 9.17) is 9.47 Å². The maximum absolute atomic E-state index is 12.1. The van der Waals surface area contributed by atoms with Crippen LogP contribution in [0.25, 0.3) is 0 Å². The topological polar surface area (TPSA) is 73.9 Å². The fraction of sp³-hybridized carbons (Fsp3) is 0.222. The Bertz CT molecular complexity index is 794. The van der Waals surface area contributed by atoms with E-state index in [1.165, 1.54) is 23.9 Å². The van der Waals surface area contributed by atoms with E-state index in [0.29, 0.717) is 5.75 Å². The number of hydrogen-bond acceptors (Lipinski definition) is 6. The average molecular weight is 415 g/mol. The van der Waals surface area contributed by atoms with Gasteiger partial charge in [-0.05, 0) is 48.5 Å². The number of alkyl halides is 3. The zero-order valence-corrected chi connectivity index (χ0v) is 15.4. The Morgan fingerprint density at radius 2 is 1.61 bits per heavy atom. The van der Waals surface area contributed by atoms with E-state index < -0.39 is 30.6 Å². The molecule has 0 spiro atoms. The molecule has 0 saturated carbocycles. The Labute approximate surface area is 163 Å². The highest BCUT2D eigenvalue weighted by atomic mass is 32.2. The second-order valence-electron chi connectivity index (χ2n) is 5.25. The number of carbonyl (C=O) groups excluding carboxylic acids is 2. The Morgan fingerprint density at radius 3 is 2.18 bits per heavy atom. The number of anilines is 1. The summed E-state index contributed by atoms with van der Waals surface area (Å²) in [4.78, 5) is 24.3. The molecule has 2 aromatic rings. The summed E-state index contributed by atoms with van der Waals surface area (Å²) in [5.41, 5.74) is 0.239. The van der Waals surface area contributed by atoms with Crippen LogP contribution in [0.4, 0.5) is 18.9 Å². The van der Waals surface area contributed by atoms with E-state index in [-0.39, 0.29) is 11.4 Å². The molecule has 150 valence electrons. The second kappa shape index (κ2) is 9.88. The van der Waals surface area contributed by atoms with Crippen LogP contribution in [0.5, 0.6) is 11.5 Å². The van der Waals surface area contributed by atoms with Crippen LogP contribution in [0.15, 0.2) is 53.4 Å². The van der Waals surface area contributed by atoms with Gasteiger partial charge in [-0.1, -0.05) is 0 Å². The molecule has 0 unspecified atom stereocenters. The molecule has 0 bridgehead atoms.